The third-order valence-electron chi connectivity index (χ3n) is 3.80. The van der Waals surface area contributed by atoms with Crippen LogP contribution in [0.5, 0.6) is 5.75 Å². The van der Waals surface area contributed by atoms with Gasteiger partial charge in [-0.1, -0.05) is 53.2 Å². The largest absolute Gasteiger partial charge is 0.488 e. The Morgan fingerprint density at radius 1 is 1.28 bits per heavy atom. The van der Waals surface area contributed by atoms with E-state index in [2.05, 4.69) is 15.5 Å². The smallest absolute Gasteiger partial charge is 0.305 e. The van der Waals surface area contributed by atoms with E-state index < -0.39 is 17.1 Å². The summed E-state index contributed by atoms with van der Waals surface area (Å²) >= 11 is 13.1. The summed E-state index contributed by atoms with van der Waals surface area (Å²) in [4.78, 5) is 22.5. The van der Waals surface area contributed by atoms with Crippen molar-refractivity contribution in [1.29, 1.82) is 0 Å². The van der Waals surface area contributed by atoms with Crippen molar-refractivity contribution in [3.63, 3.8) is 0 Å². The number of rotatable bonds is 7. The van der Waals surface area contributed by atoms with Crippen LogP contribution in [0.2, 0.25) is 10.0 Å². The molecular formula is C19H15Cl2N3O4S. The van der Waals surface area contributed by atoms with Crippen molar-refractivity contribution in [2.24, 2.45) is 10.2 Å². The van der Waals surface area contributed by atoms with Crippen LogP contribution in [0.25, 0.3) is 0 Å². The van der Waals surface area contributed by atoms with Gasteiger partial charge in [-0.15, -0.1) is 5.10 Å². The highest BCUT2D eigenvalue weighted by atomic mass is 35.5. The molecule has 1 heterocycles. The quantitative estimate of drug-likeness (QED) is 0.489. The summed E-state index contributed by atoms with van der Waals surface area (Å²) in [5, 5.41) is 19.8. The van der Waals surface area contributed by atoms with E-state index in [1.807, 2.05) is 12.1 Å². The highest BCUT2D eigenvalue weighted by molar-refractivity contribution is 8.15. The minimum absolute atomic E-state index is 0.248. The maximum absolute atomic E-state index is 11.7. The highest BCUT2D eigenvalue weighted by Crippen LogP contribution is 2.24. The average Bonchev–Trinajstić information content (AvgIpc) is 3.00. The van der Waals surface area contributed by atoms with Crippen molar-refractivity contribution < 1.29 is 19.4 Å². The normalized spacial score (nSPS) is 17.7. The average molecular weight is 452 g/mol. The molecule has 0 aromatic heterocycles. The molecule has 1 unspecified atom stereocenters. The van der Waals surface area contributed by atoms with Gasteiger partial charge in [-0.05, 0) is 24.3 Å². The first-order valence-electron chi connectivity index (χ1n) is 8.38. The van der Waals surface area contributed by atoms with Crippen LogP contribution in [-0.2, 0) is 16.2 Å². The van der Waals surface area contributed by atoms with Gasteiger partial charge in [0.2, 0.25) is 5.91 Å². The van der Waals surface area contributed by atoms with E-state index >= 15 is 0 Å². The Bertz CT molecular complexity index is 997. The van der Waals surface area contributed by atoms with Crippen molar-refractivity contribution in [2.75, 3.05) is 0 Å². The Kier molecular flexibility index (Phi) is 7.13. The second kappa shape index (κ2) is 9.78. The van der Waals surface area contributed by atoms with Crippen molar-refractivity contribution in [2.45, 2.75) is 18.3 Å². The Morgan fingerprint density at radius 3 is 2.83 bits per heavy atom. The molecule has 3 rings (SSSR count). The number of carbonyl (C=O) groups is 2. The molecule has 0 spiro atoms. The van der Waals surface area contributed by atoms with Crippen LogP contribution in [0.1, 0.15) is 17.5 Å². The zero-order chi connectivity index (χ0) is 20.8. The molecule has 1 aliphatic heterocycles. The number of carboxylic acids is 1. The third kappa shape index (κ3) is 5.96. The number of amidine groups is 1. The summed E-state index contributed by atoms with van der Waals surface area (Å²) in [7, 11) is 0. The lowest BCUT2D eigenvalue weighted by molar-refractivity contribution is -0.138. The molecule has 1 atom stereocenters. The number of nitrogens with one attached hydrogen (secondary N) is 1. The lowest BCUT2D eigenvalue weighted by Crippen LogP contribution is -2.26. The molecule has 1 fully saturated rings. The Labute approximate surface area is 180 Å². The number of thioether (sulfide) groups is 1. The molecule has 10 heteroatoms. The zero-order valence-electron chi connectivity index (χ0n) is 14.8. The van der Waals surface area contributed by atoms with Gasteiger partial charge in [-0.25, -0.2) is 0 Å². The standard InChI is InChI=1S/C19H15Cl2N3O4S/c20-13-6-5-12(14(21)7-13)10-28-15-4-2-1-3-11(15)9-22-24-19-23-18(27)16(29-19)8-17(25)26/h1-7,9,16H,8,10H2,(H,25,26)(H,23,24,27). The Balaban J connectivity index is 1.66. The molecule has 0 radical (unpaired) electrons. The van der Waals surface area contributed by atoms with Gasteiger partial charge in [0.15, 0.2) is 5.17 Å². The van der Waals surface area contributed by atoms with Crippen molar-refractivity contribution >= 4 is 58.2 Å². The van der Waals surface area contributed by atoms with Gasteiger partial charge in [-0.3, -0.25) is 9.59 Å². The third-order valence-corrected chi connectivity index (χ3v) is 5.46. The summed E-state index contributed by atoms with van der Waals surface area (Å²) in [5.41, 5.74) is 1.47. The van der Waals surface area contributed by atoms with Crippen molar-refractivity contribution in [1.82, 2.24) is 5.32 Å². The van der Waals surface area contributed by atoms with E-state index in [4.69, 9.17) is 33.0 Å². The van der Waals surface area contributed by atoms with E-state index in [0.717, 1.165) is 17.3 Å². The van der Waals surface area contributed by atoms with Crippen LogP contribution >= 0.6 is 35.0 Å². The molecular weight excluding hydrogens is 437 g/mol. The molecule has 2 aromatic rings. The number of amides is 1. The number of ether oxygens (including phenoxy) is 1. The van der Waals surface area contributed by atoms with Crippen LogP contribution in [0, 0.1) is 0 Å². The van der Waals surface area contributed by atoms with Gasteiger partial charge in [0, 0.05) is 21.2 Å². The van der Waals surface area contributed by atoms with Gasteiger partial charge >= 0.3 is 5.97 Å². The van der Waals surface area contributed by atoms with Crippen LogP contribution in [0.4, 0.5) is 0 Å². The Hall–Kier alpha value is -2.55. The number of hydrogen-bond acceptors (Lipinski definition) is 6. The highest BCUT2D eigenvalue weighted by Gasteiger charge is 2.32. The Morgan fingerprint density at radius 2 is 2.07 bits per heavy atom. The second-order valence-corrected chi connectivity index (χ2v) is 7.94. The van der Waals surface area contributed by atoms with E-state index in [0.29, 0.717) is 21.4 Å². The van der Waals surface area contributed by atoms with E-state index in [-0.39, 0.29) is 18.2 Å². The van der Waals surface area contributed by atoms with Crippen LogP contribution < -0.4 is 10.1 Å². The van der Waals surface area contributed by atoms with Gasteiger partial charge in [0.1, 0.15) is 17.6 Å². The van der Waals surface area contributed by atoms with Crippen molar-refractivity contribution in [3.05, 3.63) is 63.6 Å². The van der Waals surface area contributed by atoms with E-state index in [9.17, 15) is 9.59 Å². The monoisotopic (exact) mass is 451 g/mol. The van der Waals surface area contributed by atoms with Gasteiger partial charge in [-0.2, -0.15) is 5.10 Å². The predicted molar refractivity (Wildman–Crippen MR) is 114 cm³/mol. The molecule has 2 aromatic carbocycles. The van der Waals surface area contributed by atoms with Crippen molar-refractivity contribution in [3.8, 4) is 5.75 Å². The number of para-hydroxylation sites is 1. The topological polar surface area (TPSA) is 100 Å². The van der Waals surface area contributed by atoms with E-state index in [1.165, 1.54) is 6.21 Å². The maximum Gasteiger partial charge on any atom is 0.305 e. The van der Waals surface area contributed by atoms with Gasteiger partial charge in [0.05, 0.1) is 12.6 Å². The minimum Gasteiger partial charge on any atom is -0.488 e. The van der Waals surface area contributed by atoms with Gasteiger partial charge in [0.25, 0.3) is 0 Å². The molecule has 7 nitrogen and oxygen atoms in total. The number of carboxylic acid groups (broad SMARTS) is 1. The first-order chi connectivity index (χ1) is 13.9. The fraction of sp³-hybridized carbons (Fsp3) is 0.158. The number of carbonyl (C=O) groups excluding carboxylic acids is 1. The molecule has 1 aliphatic rings. The van der Waals surface area contributed by atoms with Crippen LogP contribution in [0.15, 0.2) is 52.7 Å². The summed E-state index contributed by atoms with van der Waals surface area (Å²) in [5.74, 6) is -0.862. The summed E-state index contributed by atoms with van der Waals surface area (Å²) < 4.78 is 5.84. The zero-order valence-corrected chi connectivity index (χ0v) is 17.2. The molecule has 0 bridgehead atoms. The summed E-state index contributed by atoms with van der Waals surface area (Å²) in [6, 6.07) is 12.4. The number of aliphatic carboxylic acids is 1. The molecule has 0 aliphatic carbocycles. The van der Waals surface area contributed by atoms with Gasteiger partial charge < -0.3 is 15.2 Å². The SMILES string of the molecule is O=C(O)CC1SC(=NN=Cc2ccccc2OCc2ccc(Cl)cc2Cl)NC1=O. The first kappa shape index (κ1) is 21.2. The molecule has 150 valence electrons. The summed E-state index contributed by atoms with van der Waals surface area (Å²) in [6.45, 7) is 0.248. The lowest BCUT2D eigenvalue weighted by Gasteiger charge is -2.10. The lowest BCUT2D eigenvalue weighted by atomic mass is 10.2. The predicted octanol–water partition coefficient (Wildman–Crippen LogP) is 3.97. The number of halogens is 2. The number of hydrogen-bond donors (Lipinski definition) is 2. The maximum atomic E-state index is 11.7. The van der Waals surface area contributed by atoms with Crippen LogP contribution in [-0.4, -0.2) is 33.6 Å². The number of benzene rings is 2. The molecule has 1 amide bonds. The molecule has 1 saturated heterocycles. The first-order valence-corrected chi connectivity index (χ1v) is 10.0. The molecule has 0 saturated carbocycles. The van der Waals surface area contributed by atoms with Crippen LogP contribution in [0.3, 0.4) is 0 Å². The number of nitrogens with zero attached hydrogens (tertiary/aromatic N) is 2. The fourth-order valence-electron chi connectivity index (χ4n) is 2.40. The molecule has 2 N–H and O–H groups in total. The molecule has 29 heavy (non-hydrogen) atoms. The fourth-order valence-corrected chi connectivity index (χ4v) is 3.78. The summed E-state index contributed by atoms with van der Waals surface area (Å²) in [6.07, 6.45) is 1.21. The minimum atomic E-state index is -1.05. The van der Waals surface area contributed by atoms with E-state index in [1.54, 1.807) is 30.3 Å². The second-order valence-electron chi connectivity index (χ2n) is 5.91.